The molecule has 1 aliphatic carbocycles. The number of carbonyl (C=O) groups is 1. The Bertz CT molecular complexity index is 2560. The zero-order chi connectivity index (χ0) is 46.5. The van der Waals surface area contributed by atoms with E-state index in [-0.39, 0.29) is 17.6 Å². The largest absolute Gasteiger partial charge is 0.501 e. The van der Waals surface area contributed by atoms with Gasteiger partial charge >= 0.3 is 5.51 Å². The molecule has 3 aliphatic heterocycles. The van der Waals surface area contributed by atoms with Crippen molar-refractivity contribution in [3.63, 3.8) is 0 Å². The van der Waals surface area contributed by atoms with Gasteiger partial charge in [-0.2, -0.15) is 13.2 Å². The van der Waals surface area contributed by atoms with Crippen LogP contribution in [0.15, 0.2) is 112 Å². The highest BCUT2D eigenvalue weighted by Gasteiger charge is 2.48. The minimum Gasteiger partial charge on any atom is -0.381 e. The lowest BCUT2D eigenvalue weighted by molar-refractivity contribution is -0.137. The van der Waals surface area contributed by atoms with Crippen LogP contribution in [-0.2, 0) is 35.8 Å². The van der Waals surface area contributed by atoms with E-state index in [0.717, 1.165) is 74.0 Å². The number of nitrogens with one attached hydrogen (secondary N) is 2. The summed E-state index contributed by atoms with van der Waals surface area (Å²) in [7, 11) is -10.9. The predicted octanol–water partition coefficient (Wildman–Crippen LogP) is 7.81. The van der Waals surface area contributed by atoms with Crippen LogP contribution in [0, 0.1) is 0 Å². The molecule has 3 saturated heterocycles. The molecule has 0 spiro atoms. The van der Waals surface area contributed by atoms with E-state index in [9.17, 15) is 34.8 Å². The van der Waals surface area contributed by atoms with E-state index in [1.807, 2.05) is 47.2 Å². The zero-order valence-electron chi connectivity index (χ0n) is 36.5. The highest BCUT2D eigenvalue weighted by Crippen LogP contribution is 2.37. The number of piperazine rings is 1. The normalized spacial score (nSPS) is 20.5. The summed E-state index contributed by atoms with van der Waals surface area (Å²) in [6, 6.07) is 26.0. The lowest BCUT2D eigenvalue weighted by atomic mass is 9.87. The molecule has 0 radical (unpaired) electrons. The second-order valence-corrected chi connectivity index (χ2v) is 21.5. The van der Waals surface area contributed by atoms with E-state index >= 15 is 0 Å². The molecule has 0 aromatic heterocycles. The number of sulfone groups is 1. The van der Waals surface area contributed by atoms with Gasteiger partial charge in [-0.25, -0.2) is 21.6 Å². The first-order valence-electron chi connectivity index (χ1n) is 22.4. The highest BCUT2D eigenvalue weighted by atomic mass is 35.5. The van der Waals surface area contributed by atoms with Crippen molar-refractivity contribution in [3.05, 3.63) is 124 Å². The maximum absolute atomic E-state index is 14.3. The van der Waals surface area contributed by atoms with E-state index < -0.39 is 52.8 Å². The summed E-state index contributed by atoms with van der Waals surface area (Å²) in [5.74, 6) is -1.02. The molecule has 2 bridgehead atoms. The molecule has 354 valence electrons. The summed E-state index contributed by atoms with van der Waals surface area (Å²) in [5, 5.41) is 3.76. The molecule has 4 aliphatic rings. The van der Waals surface area contributed by atoms with Crippen LogP contribution in [0.3, 0.4) is 0 Å². The lowest BCUT2D eigenvalue weighted by Gasteiger charge is -2.45. The fourth-order valence-corrected chi connectivity index (χ4v) is 11.5. The molecule has 4 aromatic rings. The number of halogens is 4. The summed E-state index contributed by atoms with van der Waals surface area (Å²) in [6.07, 6.45) is 5.86. The molecule has 0 saturated carbocycles. The quantitative estimate of drug-likeness (QED) is 0.114. The Hall–Kier alpha value is -4.49. The number of benzene rings is 4. The van der Waals surface area contributed by atoms with E-state index in [4.69, 9.17) is 21.1 Å². The van der Waals surface area contributed by atoms with Crippen molar-refractivity contribution >= 4 is 54.3 Å². The van der Waals surface area contributed by atoms with E-state index in [1.165, 1.54) is 41.7 Å². The van der Waals surface area contributed by atoms with Crippen LogP contribution >= 0.6 is 11.6 Å². The van der Waals surface area contributed by atoms with Crippen molar-refractivity contribution in [1.82, 2.24) is 14.5 Å². The Morgan fingerprint density at radius 1 is 0.788 bits per heavy atom. The molecule has 1 atom stereocenters. The van der Waals surface area contributed by atoms with Crippen LogP contribution in [0.5, 0.6) is 0 Å². The van der Waals surface area contributed by atoms with Crippen LogP contribution < -0.4 is 14.9 Å². The molecule has 8 rings (SSSR count). The van der Waals surface area contributed by atoms with Crippen LogP contribution in [0.1, 0.15) is 60.0 Å². The van der Waals surface area contributed by atoms with Gasteiger partial charge in [0.25, 0.3) is 25.8 Å². The van der Waals surface area contributed by atoms with Crippen molar-refractivity contribution in [2.45, 2.75) is 78.4 Å². The van der Waals surface area contributed by atoms with Gasteiger partial charge in [-0.05, 0) is 116 Å². The molecule has 4 aromatic carbocycles. The van der Waals surface area contributed by atoms with Gasteiger partial charge in [0, 0.05) is 61.6 Å². The number of fused-ring (bicyclic) bond motifs is 2. The summed E-state index contributed by atoms with van der Waals surface area (Å²) < 4.78 is 110. The fraction of sp³-hybridized carbons (Fsp3) is 0.438. The van der Waals surface area contributed by atoms with Crippen molar-refractivity contribution in [2.75, 3.05) is 75.9 Å². The van der Waals surface area contributed by atoms with E-state index in [2.05, 4.69) is 32.1 Å². The first-order chi connectivity index (χ1) is 31.6. The molecule has 12 nitrogen and oxygen atoms in total. The molecule has 3 fully saturated rings. The molecule has 3 heterocycles. The molecular weight excluding hydrogens is 915 g/mol. The van der Waals surface area contributed by atoms with Gasteiger partial charge < -0.3 is 19.7 Å². The van der Waals surface area contributed by atoms with Crippen molar-refractivity contribution < 1.29 is 44.3 Å². The number of carbonyl (C=O) groups excluding carboxylic acids is 1. The number of anilines is 2. The summed E-state index contributed by atoms with van der Waals surface area (Å²) in [4.78, 5) is 18.2. The molecule has 0 unspecified atom stereocenters. The number of nitrogens with zero attached hydrogens (tertiary/aromatic N) is 3. The van der Waals surface area contributed by atoms with Gasteiger partial charge in [-0.3, -0.25) is 14.6 Å². The number of allylic oxidation sites excluding steroid dienone is 1. The maximum atomic E-state index is 14.3. The maximum Gasteiger partial charge on any atom is 0.501 e. The third-order valence-corrected chi connectivity index (χ3v) is 16.1. The predicted molar refractivity (Wildman–Crippen MR) is 249 cm³/mol. The van der Waals surface area contributed by atoms with Gasteiger partial charge in [-0.1, -0.05) is 59.6 Å². The fourth-order valence-electron chi connectivity index (χ4n) is 9.40. The zero-order valence-corrected chi connectivity index (χ0v) is 38.9. The average molecular weight is 971 g/mol. The molecule has 1 amide bonds. The minimum atomic E-state index is -6.07. The van der Waals surface area contributed by atoms with Crippen LogP contribution in [-0.4, -0.2) is 122 Å². The number of aryl methyl sites for hydroxylation is 1. The number of amides is 1. The standard InChI is InChI=1S/C48H55ClF3N5O7S2/c49-38-15-11-35(12-16-38)44-9-5-4-8-37(44)29-55-24-26-56(27-25-55)40-18-13-36(14-19-40)47(58)54-66(61,62)43-20-21-45(46(28-43)65(59,60)48(50,51)52)53-39(17-10-34-6-2-1-3-7-34)22-23-57-41-30-63-32-42(57)33-64-31-41/h1-3,6-7,11-16,18-21,28,39,41-42,53H,4-5,8-10,17,22-27,29-33H2,(H,54,58)/t39-,41?,42?/m0/s1. The first-order valence-corrected chi connectivity index (χ1v) is 25.8. The smallest absolute Gasteiger partial charge is 0.381 e. The van der Waals surface area contributed by atoms with Gasteiger partial charge in [0.1, 0.15) is 4.90 Å². The molecule has 18 heteroatoms. The minimum absolute atomic E-state index is 0.00132. The number of ether oxygens (including phenoxy) is 2. The van der Waals surface area contributed by atoms with Gasteiger partial charge in [0.2, 0.25) is 0 Å². The Balaban J connectivity index is 0.938. The number of morpholine rings is 2. The monoisotopic (exact) mass is 969 g/mol. The number of hydrogen-bond acceptors (Lipinski definition) is 11. The average Bonchev–Trinajstić information content (AvgIpc) is 3.30. The Morgan fingerprint density at radius 3 is 2.09 bits per heavy atom. The SMILES string of the molecule is O=C(NS(=O)(=O)c1ccc(N[C@@H](CCc2ccccc2)CCN2C3COCC2COC3)c(S(=O)(=O)C(F)(F)F)c1)c1ccc(N2CCN(CC3=C(c4ccc(Cl)cc4)CCCC3)CC2)cc1. The van der Waals surface area contributed by atoms with Crippen LogP contribution in [0.2, 0.25) is 5.02 Å². The second-order valence-electron chi connectivity index (χ2n) is 17.4. The summed E-state index contributed by atoms with van der Waals surface area (Å²) in [6.45, 7) is 6.51. The molecule has 66 heavy (non-hydrogen) atoms. The second kappa shape index (κ2) is 20.8. The van der Waals surface area contributed by atoms with Gasteiger partial charge in [0.15, 0.2) is 0 Å². The molecular formula is C48H55ClF3N5O7S2. The molecule has 2 N–H and O–H groups in total. The third-order valence-electron chi connectivity index (χ3n) is 13.0. The van der Waals surface area contributed by atoms with Crippen LogP contribution in [0.4, 0.5) is 24.5 Å². The summed E-state index contributed by atoms with van der Waals surface area (Å²) in [5.41, 5.74) is -0.215. The van der Waals surface area contributed by atoms with Crippen molar-refractivity contribution in [2.24, 2.45) is 0 Å². The van der Waals surface area contributed by atoms with Crippen molar-refractivity contribution in [3.8, 4) is 0 Å². The van der Waals surface area contributed by atoms with E-state index in [1.54, 1.807) is 12.1 Å². The van der Waals surface area contributed by atoms with Crippen molar-refractivity contribution in [1.29, 1.82) is 0 Å². The third kappa shape index (κ3) is 11.4. The Morgan fingerprint density at radius 2 is 1.44 bits per heavy atom. The van der Waals surface area contributed by atoms with Crippen LogP contribution in [0.25, 0.3) is 5.57 Å². The van der Waals surface area contributed by atoms with Gasteiger partial charge in [0.05, 0.1) is 49.1 Å². The highest BCUT2D eigenvalue weighted by molar-refractivity contribution is 7.92. The summed E-state index contributed by atoms with van der Waals surface area (Å²) >= 11 is 6.15. The topological polar surface area (TPSA) is 138 Å². The number of hydrogen-bond donors (Lipinski definition) is 2. The Labute approximate surface area is 390 Å². The Kier molecular flexibility index (Phi) is 15.1. The number of rotatable bonds is 16. The number of sulfonamides is 1. The van der Waals surface area contributed by atoms with Gasteiger partial charge in [-0.15, -0.1) is 0 Å². The first kappa shape index (κ1) is 48.0. The van der Waals surface area contributed by atoms with E-state index in [0.29, 0.717) is 58.3 Å². The number of alkyl halides is 3. The lowest BCUT2D eigenvalue weighted by Crippen LogP contribution is -2.60.